The van der Waals surface area contributed by atoms with E-state index in [-0.39, 0.29) is 0 Å². The van der Waals surface area contributed by atoms with Crippen LogP contribution in [0.2, 0.25) is 0 Å². The summed E-state index contributed by atoms with van der Waals surface area (Å²) < 4.78 is 6.66. The first-order chi connectivity index (χ1) is 12.6. The van der Waals surface area contributed by atoms with Crippen molar-refractivity contribution in [2.24, 2.45) is 0 Å². The molecule has 0 spiro atoms. The Morgan fingerprint density at radius 1 is 0.962 bits per heavy atom. The normalized spacial score (nSPS) is 12.9. The topological polar surface area (TPSA) is 34.0 Å². The molecule has 1 N–H and O–H groups in total. The number of aliphatic hydroxyl groups excluding tert-OH is 1. The molecule has 2 aromatic carbocycles. The van der Waals surface area contributed by atoms with Crippen molar-refractivity contribution in [3.05, 3.63) is 66.0 Å². The summed E-state index contributed by atoms with van der Waals surface area (Å²) in [6.45, 7) is 8.44. The average Bonchev–Trinajstić information content (AvgIpc) is 3.10. The van der Waals surface area contributed by atoms with E-state index in [4.69, 9.17) is 0 Å². The third kappa shape index (κ3) is 2.71. The predicted octanol–water partition coefficient (Wildman–Crippen LogP) is 3.58. The Labute approximate surface area is 153 Å². The molecule has 0 saturated heterocycles. The van der Waals surface area contributed by atoms with E-state index in [1.54, 1.807) is 0 Å². The molecule has 1 unspecified atom stereocenters. The first-order valence-corrected chi connectivity index (χ1v) is 9.31. The summed E-state index contributed by atoms with van der Waals surface area (Å²) in [5.41, 5.74) is 4.77. The molecule has 0 bridgehead atoms. The van der Waals surface area contributed by atoms with Gasteiger partial charge in [0.15, 0.2) is 6.54 Å². The van der Waals surface area contributed by atoms with Crippen LogP contribution in [0.25, 0.3) is 21.8 Å². The monoisotopic (exact) mass is 348 g/mol. The van der Waals surface area contributed by atoms with E-state index in [0.29, 0.717) is 13.1 Å². The lowest BCUT2D eigenvalue weighted by atomic mass is 10.2. The summed E-state index contributed by atoms with van der Waals surface area (Å²) >= 11 is 0. The summed E-state index contributed by atoms with van der Waals surface area (Å²) in [5.74, 6) is 0. The third-order valence-electron chi connectivity index (χ3n) is 5.28. The molecule has 2 aromatic heterocycles. The first kappa shape index (κ1) is 16.9. The van der Waals surface area contributed by atoms with Crippen molar-refractivity contribution in [2.75, 3.05) is 0 Å². The molecule has 4 rings (SSSR count). The zero-order valence-electron chi connectivity index (χ0n) is 15.7. The number of aryl methyl sites for hydroxylation is 2. The smallest absolute Gasteiger partial charge is 0.205 e. The molecule has 4 aromatic rings. The van der Waals surface area contributed by atoms with Crippen LogP contribution >= 0.6 is 0 Å². The Morgan fingerprint density at radius 3 is 2.12 bits per heavy atom. The Kier molecular flexibility index (Phi) is 4.29. The van der Waals surface area contributed by atoms with Crippen LogP contribution in [0.4, 0.5) is 0 Å². The average molecular weight is 348 g/mol. The van der Waals surface area contributed by atoms with Gasteiger partial charge in [-0.1, -0.05) is 36.4 Å². The minimum Gasteiger partial charge on any atom is -0.385 e. The SMILES string of the molecule is CCn1c(C)cc(C)[n+]1CC(O)Cn1c2ccccc2c2ccccc21. The second kappa shape index (κ2) is 6.61. The largest absolute Gasteiger partial charge is 0.385 e. The fourth-order valence-electron chi connectivity index (χ4n) is 4.16. The van der Waals surface area contributed by atoms with Crippen molar-refractivity contribution in [2.45, 2.75) is 46.5 Å². The van der Waals surface area contributed by atoms with Crippen LogP contribution in [0.3, 0.4) is 0 Å². The standard InChI is InChI=1S/C22H26N3O/c1-4-24-16(2)13-17(3)25(24)15-18(26)14-23-21-11-7-5-9-19(21)20-10-6-8-12-22(20)23/h5-13,18,26H,4,14-15H2,1-3H3/q+1. The number of nitrogens with zero attached hydrogens (tertiary/aromatic N) is 3. The highest BCUT2D eigenvalue weighted by molar-refractivity contribution is 6.07. The summed E-state index contributed by atoms with van der Waals surface area (Å²) in [6, 6.07) is 19.0. The molecular formula is C22H26N3O+. The van der Waals surface area contributed by atoms with E-state index in [1.807, 2.05) is 0 Å². The van der Waals surface area contributed by atoms with Crippen molar-refractivity contribution in [1.82, 2.24) is 9.25 Å². The van der Waals surface area contributed by atoms with E-state index in [0.717, 1.165) is 6.54 Å². The van der Waals surface area contributed by atoms with Gasteiger partial charge in [-0.2, -0.15) is 4.68 Å². The van der Waals surface area contributed by atoms with Gasteiger partial charge in [-0.05, 0) is 26.0 Å². The lowest BCUT2D eigenvalue weighted by Crippen LogP contribution is -2.50. The van der Waals surface area contributed by atoms with Gasteiger partial charge in [0.2, 0.25) is 5.69 Å². The molecule has 0 amide bonds. The Balaban J connectivity index is 1.71. The summed E-state index contributed by atoms with van der Waals surface area (Å²) in [6.07, 6.45) is -0.461. The Bertz CT molecular complexity index is 1020. The summed E-state index contributed by atoms with van der Waals surface area (Å²) in [7, 11) is 0. The number of rotatable bonds is 5. The highest BCUT2D eigenvalue weighted by Crippen LogP contribution is 2.28. The number of aliphatic hydroxyl groups is 1. The maximum atomic E-state index is 10.9. The van der Waals surface area contributed by atoms with Crippen LogP contribution in [0.5, 0.6) is 0 Å². The zero-order chi connectivity index (χ0) is 18.3. The fourth-order valence-corrected chi connectivity index (χ4v) is 4.16. The molecule has 0 radical (unpaired) electrons. The highest BCUT2D eigenvalue weighted by atomic mass is 16.3. The van der Waals surface area contributed by atoms with E-state index < -0.39 is 6.10 Å². The lowest BCUT2D eigenvalue weighted by molar-refractivity contribution is -0.785. The minimum absolute atomic E-state index is 0.461. The second-order valence-electron chi connectivity index (χ2n) is 7.02. The van der Waals surface area contributed by atoms with Crippen LogP contribution in [0.1, 0.15) is 18.3 Å². The van der Waals surface area contributed by atoms with Crippen LogP contribution in [-0.2, 0) is 19.6 Å². The highest BCUT2D eigenvalue weighted by Gasteiger charge is 2.22. The maximum Gasteiger partial charge on any atom is 0.205 e. The van der Waals surface area contributed by atoms with Gasteiger partial charge in [0.05, 0.1) is 18.8 Å². The van der Waals surface area contributed by atoms with Crippen molar-refractivity contribution >= 4 is 21.8 Å². The fraction of sp³-hybridized carbons (Fsp3) is 0.318. The molecule has 4 nitrogen and oxygen atoms in total. The summed E-state index contributed by atoms with van der Waals surface area (Å²) in [5, 5.41) is 13.4. The van der Waals surface area contributed by atoms with Gasteiger partial charge in [-0.15, -0.1) is 4.68 Å². The van der Waals surface area contributed by atoms with Crippen molar-refractivity contribution < 1.29 is 9.79 Å². The molecule has 0 aliphatic rings. The number of hydrogen-bond donors (Lipinski definition) is 1. The number of aromatic nitrogens is 3. The minimum atomic E-state index is -0.461. The molecule has 134 valence electrons. The molecule has 0 fully saturated rings. The molecule has 0 aliphatic heterocycles. The number of para-hydroxylation sites is 2. The van der Waals surface area contributed by atoms with Gasteiger partial charge in [0.1, 0.15) is 6.10 Å². The second-order valence-corrected chi connectivity index (χ2v) is 7.02. The van der Waals surface area contributed by atoms with Crippen molar-refractivity contribution in [1.29, 1.82) is 0 Å². The zero-order valence-corrected chi connectivity index (χ0v) is 15.7. The van der Waals surface area contributed by atoms with E-state index in [9.17, 15) is 5.11 Å². The van der Waals surface area contributed by atoms with E-state index >= 15 is 0 Å². The predicted molar refractivity (Wildman–Crippen MR) is 105 cm³/mol. The van der Waals surface area contributed by atoms with Crippen molar-refractivity contribution in [3.8, 4) is 0 Å². The van der Waals surface area contributed by atoms with E-state index in [2.05, 4.69) is 89.3 Å². The van der Waals surface area contributed by atoms with Gasteiger partial charge in [-0.3, -0.25) is 0 Å². The first-order valence-electron chi connectivity index (χ1n) is 9.31. The molecule has 0 aliphatic carbocycles. The molecule has 4 heteroatoms. The Morgan fingerprint density at radius 2 is 1.54 bits per heavy atom. The van der Waals surface area contributed by atoms with E-state index in [1.165, 1.54) is 33.2 Å². The molecular weight excluding hydrogens is 322 g/mol. The number of fused-ring (bicyclic) bond motifs is 3. The van der Waals surface area contributed by atoms with Crippen LogP contribution in [0.15, 0.2) is 54.6 Å². The molecule has 2 heterocycles. The maximum absolute atomic E-state index is 10.9. The summed E-state index contributed by atoms with van der Waals surface area (Å²) in [4.78, 5) is 0. The van der Waals surface area contributed by atoms with Crippen LogP contribution < -0.4 is 4.68 Å². The quantitative estimate of drug-likeness (QED) is 0.550. The van der Waals surface area contributed by atoms with Gasteiger partial charge in [0.25, 0.3) is 0 Å². The van der Waals surface area contributed by atoms with Crippen molar-refractivity contribution in [3.63, 3.8) is 0 Å². The van der Waals surface area contributed by atoms with Gasteiger partial charge in [0, 0.05) is 34.8 Å². The Hall–Kier alpha value is -2.59. The molecule has 26 heavy (non-hydrogen) atoms. The van der Waals surface area contributed by atoms with Gasteiger partial charge < -0.3 is 9.67 Å². The van der Waals surface area contributed by atoms with Gasteiger partial charge >= 0.3 is 0 Å². The molecule has 0 saturated carbocycles. The van der Waals surface area contributed by atoms with Gasteiger partial charge in [-0.25, -0.2) is 0 Å². The number of hydrogen-bond acceptors (Lipinski definition) is 1. The lowest BCUT2D eigenvalue weighted by Gasteiger charge is -2.13. The molecule has 1 atom stereocenters. The third-order valence-corrected chi connectivity index (χ3v) is 5.28. The number of benzene rings is 2. The van der Waals surface area contributed by atoms with Crippen LogP contribution in [0, 0.1) is 13.8 Å². The van der Waals surface area contributed by atoms with Crippen LogP contribution in [-0.4, -0.2) is 20.5 Å².